The van der Waals surface area contributed by atoms with E-state index in [1.165, 1.54) is 27.7 Å². The molecule has 0 spiro atoms. The number of rotatable bonds is 8. The summed E-state index contributed by atoms with van der Waals surface area (Å²) < 4.78 is 22.1. The van der Waals surface area contributed by atoms with Gasteiger partial charge in [-0.25, -0.2) is 9.97 Å². The number of fused-ring (bicyclic) bond motifs is 7. The van der Waals surface area contributed by atoms with Gasteiger partial charge in [-0.15, -0.1) is 0 Å². The topological polar surface area (TPSA) is 131 Å². The molecule has 0 saturated carbocycles. The number of benzene rings is 3. The lowest BCUT2D eigenvalue weighted by Gasteiger charge is -2.14. The van der Waals surface area contributed by atoms with Gasteiger partial charge in [-0.2, -0.15) is 0 Å². The molecule has 11 heteroatoms. The largest absolute Gasteiger partial charge is 0.490 e. The quantitative estimate of drug-likeness (QED) is 0.151. The van der Waals surface area contributed by atoms with Crippen LogP contribution in [0.3, 0.4) is 0 Å². The zero-order valence-electron chi connectivity index (χ0n) is 32.9. The van der Waals surface area contributed by atoms with E-state index in [0.29, 0.717) is 24.3 Å². The molecule has 0 aliphatic carbocycles. The van der Waals surface area contributed by atoms with E-state index < -0.39 is 0 Å². The van der Waals surface area contributed by atoms with Crippen molar-refractivity contribution in [2.24, 2.45) is 4.99 Å². The average Bonchev–Trinajstić information content (AvgIpc) is 4.01. The molecule has 0 amide bonds. The second-order valence-electron chi connectivity index (χ2n) is 15.0. The Hall–Kier alpha value is -5.03. The van der Waals surface area contributed by atoms with E-state index >= 15 is 0 Å². The van der Waals surface area contributed by atoms with Crippen molar-refractivity contribution in [1.82, 2.24) is 24.0 Å². The lowest BCUT2D eigenvalue weighted by atomic mass is 10.00. The first-order valence-electron chi connectivity index (χ1n) is 19.6. The molecule has 4 unspecified atom stereocenters. The maximum absolute atomic E-state index is 6.07. The summed E-state index contributed by atoms with van der Waals surface area (Å²) >= 11 is 0. The molecule has 0 saturated heterocycles. The Balaban J connectivity index is 0.000000139. The Bertz CT molecular complexity index is 2190. The molecule has 6 heterocycles. The van der Waals surface area contributed by atoms with Gasteiger partial charge in [-0.3, -0.25) is 9.89 Å². The summed E-state index contributed by atoms with van der Waals surface area (Å²) in [6.07, 6.45) is 13.9. The highest BCUT2D eigenvalue weighted by molar-refractivity contribution is 5.85. The van der Waals surface area contributed by atoms with Crippen LogP contribution in [0.1, 0.15) is 94.9 Å². The van der Waals surface area contributed by atoms with Crippen molar-refractivity contribution in [2.45, 2.75) is 125 Å². The van der Waals surface area contributed by atoms with Crippen LogP contribution in [-0.2, 0) is 32.5 Å². The maximum atomic E-state index is 6.07. The molecule has 0 bridgehead atoms. The molecule has 4 atom stereocenters. The van der Waals surface area contributed by atoms with Crippen molar-refractivity contribution in [1.29, 1.82) is 0 Å². The molecular formula is C44H60N8O3. The van der Waals surface area contributed by atoms with Crippen molar-refractivity contribution >= 4 is 39.9 Å². The van der Waals surface area contributed by atoms with E-state index in [-0.39, 0.29) is 13.5 Å². The highest BCUT2D eigenvalue weighted by atomic mass is 16.5. The van der Waals surface area contributed by atoms with Crippen LogP contribution >= 0.6 is 0 Å². The third-order valence-electron chi connectivity index (χ3n) is 10.8. The minimum Gasteiger partial charge on any atom is -0.490 e. The lowest BCUT2D eigenvalue weighted by Crippen LogP contribution is -2.18. The summed E-state index contributed by atoms with van der Waals surface area (Å²) in [7, 11) is 4.17. The molecule has 4 aliphatic rings. The number of nitrogen functional groups attached to an aromatic ring is 2. The molecule has 11 nitrogen and oxygen atoms in total. The van der Waals surface area contributed by atoms with E-state index in [4.69, 9.17) is 25.7 Å². The Morgan fingerprint density at radius 2 is 1.35 bits per heavy atom. The smallest absolute Gasteiger partial charge is 0.201 e. The fourth-order valence-corrected chi connectivity index (χ4v) is 7.97. The van der Waals surface area contributed by atoms with Crippen LogP contribution in [0.25, 0.3) is 22.1 Å². The summed E-state index contributed by atoms with van der Waals surface area (Å²) in [5.41, 5.74) is 22.3. The zero-order chi connectivity index (χ0) is 38.1. The fourth-order valence-electron chi connectivity index (χ4n) is 7.97. The Morgan fingerprint density at radius 1 is 0.764 bits per heavy atom. The minimum absolute atomic E-state index is 0. The standard InChI is InChI=1S/C15H21N3O.C14H19N3O.C14H16N2O.CH4/c1-5-11-8-12-14(19-11)7-6-13-15(12)18(9-17(3)4)10(2)16-13;1-3-7-17-13-10-8-9(4-2)18-12(10)6-5-11(13)16-14(17)15;1-2-10-6-9-7-11(13-4-3-5-16-13)12(15)8-14(9)17-10;/h6-7,11H,5,8-9H2,1-4H3;5-6,9H,3-4,7-8H2,1-2H3,(H2,15,16);3-5,7-8,10,13H,2,6,15H2,1H3;1H4. The van der Waals surface area contributed by atoms with Gasteiger partial charge in [-0.1, -0.05) is 41.2 Å². The van der Waals surface area contributed by atoms with Gasteiger partial charge in [0.1, 0.15) is 41.4 Å². The van der Waals surface area contributed by atoms with Gasteiger partial charge in [0.2, 0.25) is 5.95 Å². The number of hydrogen-bond donors (Lipinski definition) is 2. The molecule has 5 aromatic rings. The second kappa shape index (κ2) is 16.8. The van der Waals surface area contributed by atoms with Crippen LogP contribution < -0.4 is 25.7 Å². The SMILES string of the molecule is C.CCC1Cc2c(ccc3nc(C)n(CN(C)C)c23)O1.CCC1Cc2cc(C3C=CC=N3)c(N)cc2O1.CCCn1c(N)nc2ccc3c(c21)CC(CC)O3. The first kappa shape index (κ1) is 39.7. The summed E-state index contributed by atoms with van der Waals surface area (Å²) in [6.45, 7) is 12.5. The van der Waals surface area contributed by atoms with Gasteiger partial charge in [0.15, 0.2) is 0 Å². The first-order chi connectivity index (χ1) is 26.1. The summed E-state index contributed by atoms with van der Waals surface area (Å²) in [4.78, 5) is 15.7. The van der Waals surface area contributed by atoms with E-state index in [0.717, 1.165) is 104 Å². The van der Waals surface area contributed by atoms with Crippen molar-refractivity contribution in [3.8, 4) is 17.2 Å². The molecule has 0 radical (unpaired) electrons. The van der Waals surface area contributed by atoms with Crippen LogP contribution in [-0.4, -0.2) is 62.6 Å². The van der Waals surface area contributed by atoms with Crippen LogP contribution in [0.2, 0.25) is 0 Å². The number of anilines is 2. The Kier molecular flexibility index (Phi) is 12.1. The third kappa shape index (κ3) is 7.90. The molecular weight excluding hydrogens is 689 g/mol. The number of ether oxygens (including phenoxy) is 3. The Morgan fingerprint density at radius 3 is 1.91 bits per heavy atom. The number of nitrogens with zero attached hydrogens (tertiary/aromatic N) is 6. The Labute approximate surface area is 326 Å². The number of aryl methyl sites for hydroxylation is 2. The number of allylic oxidation sites excluding steroid dienone is 1. The van der Waals surface area contributed by atoms with Gasteiger partial charge in [0, 0.05) is 60.5 Å². The van der Waals surface area contributed by atoms with Gasteiger partial charge in [-0.05, 0) is 88.7 Å². The normalized spacial score (nSPS) is 19.9. The monoisotopic (exact) mass is 748 g/mol. The highest BCUT2D eigenvalue weighted by Crippen LogP contribution is 2.39. The molecule has 0 fully saturated rings. The van der Waals surface area contributed by atoms with E-state index in [2.05, 4.69) is 102 Å². The lowest BCUT2D eigenvalue weighted by molar-refractivity contribution is 0.228. The number of nitrogens with two attached hydrogens (primary N) is 2. The van der Waals surface area contributed by atoms with E-state index in [1.54, 1.807) is 0 Å². The van der Waals surface area contributed by atoms with Crippen LogP contribution in [0.15, 0.2) is 53.5 Å². The highest BCUT2D eigenvalue weighted by Gasteiger charge is 2.28. The van der Waals surface area contributed by atoms with Crippen molar-refractivity contribution in [2.75, 3.05) is 25.6 Å². The first-order valence-corrected chi connectivity index (χ1v) is 19.6. The molecule has 9 rings (SSSR count). The molecule has 2 aromatic heterocycles. The average molecular weight is 749 g/mol. The number of aliphatic imine (C=N–C) groups is 1. The van der Waals surface area contributed by atoms with Crippen molar-refractivity contribution in [3.05, 3.63) is 76.6 Å². The zero-order valence-corrected chi connectivity index (χ0v) is 32.9. The van der Waals surface area contributed by atoms with Gasteiger partial charge in [0.05, 0.1) is 34.8 Å². The van der Waals surface area contributed by atoms with Gasteiger partial charge >= 0.3 is 0 Å². The van der Waals surface area contributed by atoms with Crippen LogP contribution in [0.5, 0.6) is 17.2 Å². The molecule has 55 heavy (non-hydrogen) atoms. The van der Waals surface area contributed by atoms with Crippen molar-refractivity contribution < 1.29 is 14.2 Å². The number of aromatic nitrogens is 4. The minimum atomic E-state index is 0. The molecule has 294 valence electrons. The third-order valence-corrected chi connectivity index (χ3v) is 10.8. The second-order valence-corrected chi connectivity index (χ2v) is 15.0. The maximum Gasteiger partial charge on any atom is 0.201 e. The number of hydrogen-bond acceptors (Lipinski definition) is 9. The van der Waals surface area contributed by atoms with Crippen molar-refractivity contribution in [3.63, 3.8) is 0 Å². The van der Waals surface area contributed by atoms with Gasteiger partial charge < -0.3 is 34.8 Å². The van der Waals surface area contributed by atoms with Crippen LogP contribution in [0, 0.1) is 6.92 Å². The van der Waals surface area contributed by atoms with E-state index in [1.807, 2.05) is 30.5 Å². The summed E-state index contributed by atoms with van der Waals surface area (Å²) in [5, 5.41) is 0. The molecule has 4 N–H and O–H groups in total. The van der Waals surface area contributed by atoms with E-state index in [9.17, 15) is 0 Å². The number of imidazole rings is 2. The van der Waals surface area contributed by atoms with Crippen LogP contribution in [0.4, 0.5) is 11.6 Å². The summed E-state index contributed by atoms with van der Waals surface area (Å²) in [6, 6.07) is 12.4. The fraction of sp³-hybridized carbons (Fsp3) is 0.477. The van der Waals surface area contributed by atoms with Gasteiger partial charge in [0.25, 0.3) is 0 Å². The predicted molar refractivity (Wildman–Crippen MR) is 226 cm³/mol. The molecule has 4 aliphatic heterocycles. The predicted octanol–water partition coefficient (Wildman–Crippen LogP) is 8.62. The molecule has 3 aromatic carbocycles. The summed E-state index contributed by atoms with van der Waals surface area (Å²) in [5.74, 6) is 4.67.